The third-order valence-electron chi connectivity index (χ3n) is 3.23. The van der Waals surface area contributed by atoms with Gasteiger partial charge in [-0.05, 0) is 43.9 Å². The molecule has 24 heavy (non-hydrogen) atoms. The number of amides is 1. The summed E-state index contributed by atoms with van der Waals surface area (Å²) in [4.78, 5) is 11.9. The molecule has 2 rings (SSSR count). The average molecular weight is 366 g/mol. The standard InChI is InChI=1S/C17H23N3O2S2/c1-4-10-23-17-20-19-16(24-17)18-15(21)6-5-9-22-14-11-12(2)7-8-13(14)3/h7-8,11H,4-6,9-10H2,1-3H3,(H,18,19,21). The first-order chi connectivity index (χ1) is 11.6. The van der Waals surface area contributed by atoms with Crippen molar-refractivity contribution in [1.82, 2.24) is 10.2 Å². The van der Waals surface area contributed by atoms with Crippen LogP contribution in [0, 0.1) is 13.8 Å². The number of nitrogens with one attached hydrogen (secondary N) is 1. The summed E-state index contributed by atoms with van der Waals surface area (Å²) in [6.07, 6.45) is 2.16. The lowest BCUT2D eigenvalue weighted by molar-refractivity contribution is -0.116. The van der Waals surface area contributed by atoms with Gasteiger partial charge in [-0.2, -0.15) is 0 Å². The minimum atomic E-state index is -0.0530. The summed E-state index contributed by atoms with van der Waals surface area (Å²) in [5, 5.41) is 11.4. The third-order valence-corrected chi connectivity index (χ3v) is 5.41. The number of carbonyl (C=O) groups excluding carboxylic acids is 1. The highest BCUT2D eigenvalue weighted by Crippen LogP contribution is 2.26. The van der Waals surface area contributed by atoms with E-state index in [9.17, 15) is 4.79 Å². The zero-order valence-electron chi connectivity index (χ0n) is 14.3. The molecule has 0 radical (unpaired) electrons. The van der Waals surface area contributed by atoms with Gasteiger partial charge in [0, 0.05) is 12.2 Å². The zero-order valence-corrected chi connectivity index (χ0v) is 15.9. The van der Waals surface area contributed by atoms with Crippen LogP contribution in [0.1, 0.15) is 37.3 Å². The van der Waals surface area contributed by atoms with Crippen LogP contribution in [0.3, 0.4) is 0 Å². The summed E-state index contributed by atoms with van der Waals surface area (Å²) < 4.78 is 6.65. The van der Waals surface area contributed by atoms with E-state index < -0.39 is 0 Å². The van der Waals surface area contributed by atoms with Crippen LogP contribution < -0.4 is 10.1 Å². The van der Waals surface area contributed by atoms with Crippen LogP contribution in [-0.2, 0) is 4.79 Å². The summed E-state index contributed by atoms with van der Waals surface area (Å²) in [5.74, 6) is 1.85. The Hall–Kier alpha value is -1.60. The lowest BCUT2D eigenvalue weighted by Gasteiger charge is -2.09. The van der Waals surface area contributed by atoms with E-state index in [1.54, 1.807) is 11.8 Å². The van der Waals surface area contributed by atoms with Gasteiger partial charge in [-0.15, -0.1) is 10.2 Å². The van der Waals surface area contributed by atoms with Crippen molar-refractivity contribution in [2.75, 3.05) is 17.7 Å². The molecule has 5 nitrogen and oxygen atoms in total. The van der Waals surface area contributed by atoms with Gasteiger partial charge in [0.15, 0.2) is 4.34 Å². The van der Waals surface area contributed by atoms with Gasteiger partial charge in [-0.1, -0.05) is 42.2 Å². The van der Waals surface area contributed by atoms with Crippen molar-refractivity contribution in [3.8, 4) is 5.75 Å². The molecule has 0 aliphatic carbocycles. The fourth-order valence-corrected chi connectivity index (χ4v) is 3.66. The van der Waals surface area contributed by atoms with Gasteiger partial charge in [-0.25, -0.2) is 0 Å². The molecule has 1 aromatic carbocycles. The van der Waals surface area contributed by atoms with Crippen LogP contribution in [0.15, 0.2) is 22.5 Å². The van der Waals surface area contributed by atoms with E-state index in [-0.39, 0.29) is 5.91 Å². The molecule has 1 amide bonds. The Kier molecular flexibility index (Phi) is 7.52. The van der Waals surface area contributed by atoms with Crippen molar-refractivity contribution in [2.45, 2.75) is 44.4 Å². The Morgan fingerprint density at radius 2 is 2.17 bits per heavy atom. The van der Waals surface area contributed by atoms with Crippen molar-refractivity contribution in [1.29, 1.82) is 0 Å². The second kappa shape index (κ2) is 9.64. The van der Waals surface area contributed by atoms with Crippen molar-refractivity contribution in [2.24, 2.45) is 0 Å². The van der Waals surface area contributed by atoms with E-state index in [0.717, 1.165) is 27.8 Å². The molecule has 0 saturated carbocycles. The Labute approximate surface area is 151 Å². The van der Waals surface area contributed by atoms with Crippen LogP contribution in [0.25, 0.3) is 0 Å². The van der Waals surface area contributed by atoms with E-state index in [1.165, 1.54) is 16.9 Å². The zero-order chi connectivity index (χ0) is 17.4. The molecule has 130 valence electrons. The molecule has 0 saturated heterocycles. The number of thioether (sulfide) groups is 1. The van der Waals surface area contributed by atoms with E-state index in [2.05, 4.69) is 28.5 Å². The summed E-state index contributed by atoms with van der Waals surface area (Å²) >= 11 is 3.08. The van der Waals surface area contributed by atoms with Crippen LogP contribution in [0.4, 0.5) is 5.13 Å². The Bertz CT molecular complexity index is 674. The normalized spacial score (nSPS) is 10.6. The number of benzene rings is 1. The minimum absolute atomic E-state index is 0.0530. The van der Waals surface area contributed by atoms with E-state index >= 15 is 0 Å². The predicted molar refractivity (Wildman–Crippen MR) is 100 cm³/mol. The van der Waals surface area contributed by atoms with Gasteiger partial charge in [0.2, 0.25) is 11.0 Å². The summed E-state index contributed by atoms with van der Waals surface area (Å²) in [5.41, 5.74) is 2.28. The largest absolute Gasteiger partial charge is 0.493 e. The fourth-order valence-electron chi connectivity index (χ4n) is 1.97. The van der Waals surface area contributed by atoms with Gasteiger partial charge in [0.05, 0.1) is 6.61 Å². The van der Waals surface area contributed by atoms with Crippen LogP contribution in [0.5, 0.6) is 5.75 Å². The molecule has 0 atom stereocenters. The van der Waals surface area contributed by atoms with Crippen LogP contribution in [-0.4, -0.2) is 28.5 Å². The highest BCUT2D eigenvalue weighted by Gasteiger charge is 2.08. The van der Waals surface area contributed by atoms with Crippen molar-refractivity contribution in [3.63, 3.8) is 0 Å². The quantitative estimate of drug-likeness (QED) is 0.404. The van der Waals surface area contributed by atoms with Gasteiger partial charge in [0.25, 0.3) is 0 Å². The number of hydrogen-bond donors (Lipinski definition) is 1. The number of anilines is 1. The fraction of sp³-hybridized carbons (Fsp3) is 0.471. The SMILES string of the molecule is CCCSc1nnc(NC(=O)CCCOc2cc(C)ccc2C)s1. The molecule has 0 unspecified atom stereocenters. The first kappa shape index (κ1) is 18.7. The smallest absolute Gasteiger partial charge is 0.226 e. The molecule has 2 aromatic rings. The molecule has 0 fully saturated rings. The number of rotatable bonds is 9. The van der Waals surface area contributed by atoms with Crippen molar-refractivity contribution in [3.05, 3.63) is 29.3 Å². The maximum Gasteiger partial charge on any atom is 0.226 e. The monoisotopic (exact) mass is 365 g/mol. The molecule has 0 aliphatic heterocycles. The highest BCUT2D eigenvalue weighted by atomic mass is 32.2. The van der Waals surface area contributed by atoms with Crippen molar-refractivity contribution < 1.29 is 9.53 Å². The molecule has 0 spiro atoms. The molecule has 1 heterocycles. The Morgan fingerprint density at radius 1 is 1.33 bits per heavy atom. The molecular formula is C17H23N3O2S2. The number of aryl methyl sites for hydroxylation is 2. The maximum absolute atomic E-state index is 11.9. The summed E-state index contributed by atoms with van der Waals surface area (Å²) in [6.45, 7) is 6.70. The average Bonchev–Trinajstić information content (AvgIpc) is 3.00. The predicted octanol–water partition coefficient (Wildman–Crippen LogP) is 4.45. The second-order valence-corrected chi connectivity index (χ2v) is 7.81. The van der Waals surface area contributed by atoms with E-state index in [4.69, 9.17) is 4.74 Å². The number of aromatic nitrogens is 2. The van der Waals surface area contributed by atoms with E-state index in [1.807, 2.05) is 26.0 Å². The maximum atomic E-state index is 11.9. The summed E-state index contributed by atoms with van der Waals surface area (Å²) in [6, 6.07) is 6.12. The molecule has 0 aliphatic rings. The van der Waals surface area contributed by atoms with Gasteiger partial charge < -0.3 is 10.1 Å². The Morgan fingerprint density at radius 3 is 2.96 bits per heavy atom. The number of nitrogens with zero attached hydrogens (tertiary/aromatic N) is 2. The Balaban J connectivity index is 1.69. The lowest BCUT2D eigenvalue weighted by Crippen LogP contribution is -2.12. The van der Waals surface area contributed by atoms with Crippen molar-refractivity contribution >= 4 is 34.1 Å². The van der Waals surface area contributed by atoms with Gasteiger partial charge >= 0.3 is 0 Å². The lowest BCUT2D eigenvalue weighted by atomic mass is 10.1. The number of hydrogen-bond acceptors (Lipinski definition) is 6. The molecule has 1 N–H and O–H groups in total. The van der Waals surface area contributed by atoms with E-state index in [0.29, 0.717) is 24.6 Å². The van der Waals surface area contributed by atoms with Gasteiger partial charge in [-0.3, -0.25) is 4.79 Å². The second-order valence-electron chi connectivity index (χ2n) is 5.49. The van der Waals surface area contributed by atoms with Crippen LogP contribution in [0.2, 0.25) is 0 Å². The molecule has 0 bridgehead atoms. The summed E-state index contributed by atoms with van der Waals surface area (Å²) in [7, 11) is 0. The van der Waals surface area contributed by atoms with Gasteiger partial charge in [0.1, 0.15) is 5.75 Å². The minimum Gasteiger partial charge on any atom is -0.493 e. The van der Waals surface area contributed by atoms with Crippen LogP contribution >= 0.6 is 23.1 Å². The first-order valence-corrected chi connectivity index (χ1v) is 9.85. The number of carbonyl (C=O) groups is 1. The molecular weight excluding hydrogens is 342 g/mol. The topological polar surface area (TPSA) is 64.1 Å². The highest BCUT2D eigenvalue weighted by molar-refractivity contribution is 8.01. The third kappa shape index (κ3) is 6.13. The molecule has 7 heteroatoms. The number of ether oxygens (including phenoxy) is 1. The first-order valence-electron chi connectivity index (χ1n) is 8.04. The molecule has 1 aromatic heterocycles.